The van der Waals surface area contributed by atoms with Crippen LogP contribution in [-0.4, -0.2) is 54.0 Å². The first-order valence-electron chi connectivity index (χ1n) is 10.0. The quantitative estimate of drug-likeness (QED) is 0.643. The highest BCUT2D eigenvalue weighted by molar-refractivity contribution is 5.96. The number of nitrogens with one attached hydrogen (secondary N) is 2. The van der Waals surface area contributed by atoms with E-state index in [1.807, 2.05) is 28.9 Å². The third-order valence-electron chi connectivity index (χ3n) is 5.65. The van der Waals surface area contributed by atoms with Crippen LogP contribution in [0.15, 0.2) is 48.8 Å². The van der Waals surface area contributed by atoms with Gasteiger partial charge < -0.3 is 15.4 Å². The number of aromatic nitrogens is 3. The number of ether oxygens (including phenoxy) is 1. The number of piperidine rings is 1. The third kappa shape index (κ3) is 4.46. The van der Waals surface area contributed by atoms with Gasteiger partial charge in [-0.1, -0.05) is 30.3 Å². The topological polar surface area (TPSA) is 81.1 Å². The molecule has 1 aliphatic heterocycles. The molecule has 4 rings (SSSR count). The van der Waals surface area contributed by atoms with Gasteiger partial charge in [0.1, 0.15) is 0 Å². The minimum Gasteiger partial charge on any atom is -0.384 e. The molecule has 0 atom stereocenters. The molecule has 3 aromatic rings. The van der Waals surface area contributed by atoms with Gasteiger partial charge in [0.15, 0.2) is 5.65 Å². The van der Waals surface area contributed by atoms with Crippen molar-refractivity contribution in [2.24, 2.45) is 5.41 Å². The number of rotatable bonds is 7. The van der Waals surface area contributed by atoms with Crippen molar-refractivity contribution in [3.63, 3.8) is 0 Å². The SMILES string of the molecule is COCC1(CNC(=O)c2cnc3c(cnn3Cc3ccccc3)c2)CCNCC1. The van der Waals surface area contributed by atoms with Crippen molar-refractivity contribution in [2.75, 3.05) is 33.4 Å². The molecule has 1 fully saturated rings. The molecule has 7 nitrogen and oxygen atoms in total. The van der Waals surface area contributed by atoms with Crippen molar-refractivity contribution in [1.82, 2.24) is 25.4 Å². The fourth-order valence-electron chi connectivity index (χ4n) is 3.97. The van der Waals surface area contributed by atoms with E-state index < -0.39 is 0 Å². The van der Waals surface area contributed by atoms with Gasteiger partial charge in [0, 0.05) is 30.7 Å². The molecular formula is C22H27N5O2. The predicted octanol–water partition coefficient (Wildman–Crippen LogP) is 2.23. The molecule has 7 heteroatoms. The zero-order chi connectivity index (χ0) is 20.1. The zero-order valence-electron chi connectivity index (χ0n) is 16.7. The number of nitrogens with zero attached hydrogens (tertiary/aromatic N) is 3. The van der Waals surface area contributed by atoms with Gasteiger partial charge in [0.25, 0.3) is 5.91 Å². The molecule has 2 aromatic heterocycles. The zero-order valence-corrected chi connectivity index (χ0v) is 16.7. The Balaban J connectivity index is 1.45. The first kappa shape index (κ1) is 19.5. The van der Waals surface area contributed by atoms with Crippen LogP contribution in [0.1, 0.15) is 28.8 Å². The number of hydrogen-bond acceptors (Lipinski definition) is 5. The second-order valence-corrected chi connectivity index (χ2v) is 7.79. The lowest BCUT2D eigenvalue weighted by Gasteiger charge is -2.37. The van der Waals surface area contributed by atoms with E-state index in [1.54, 1.807) is 19.5 Å². The molecule has 1 amide bonds. The molecule has 3 heterocycles. The number of pyridine rings is 1. The van der Waals surface area contributed by atoms with Crippen LogP contribution in [0.5, 0.6) is 0 Å². The molecule has 1 aromatic carbocycles. The van der Waals surface area contributed by atoms with Crippen LogP contribution in [0.3, 0.4) is 0 Å². The van der Waals surface area contributed by atoms with Crippen molar-refractivity contribution in [3.05, 3.63) is 59.9 Å². The molecule has 0 aliphatic carbocycles. The second-order valence-electron chi connectivity index (χ2n) is 7.79. The average Bonchev–Trinajstić information content (AvgIpc) is 3.16. The highest BCUT2D eigenvalue weighted by Gasteiger charge is 2.32. The van der Waals surface area contributed by atoms with Gasteiger partial charge in [-0.25, -0.2) is 9.67 Å². The van der Waals surface area contributed by atoms with Crippen LogP contribution in [0.25, 0.3) is 11.0 Å². The molecule has 0 spiro atoms. The molecule has 0 radical (unpaired) electrons. The highest BCUT2D eigenvalue weighted by atomic mass is 16.5. The summed E-state index contributed by atoms with van der Waals surface area (Å²) in [7, 11) is 1.72. The van der Waals surface area contributed by atoms with Gasteiger partial charge in [0.2, 0.25) is 0 Å². The summed E-state index contributed by atoms with van der Waals surface area (Å²) in [5, 5.41) is 11.8. The summed E-state index contributed by atoms with van der Waals surface area (Å²) in [5.74, 6) is -0.107. The average molecular weight is 393 g/mol. The van der Waals surface area contributed by atoms with Crippen LogP contribution < -0.4 is 10.6 Å². The van der Waals surface area contributed by atoms with E-state index >= 15 is 0 Å². The summed E-state index contributed by atoms with van der Waals surface area (Å²) in [5.41, 5.74) is 2.48. The Kier molecular flexibility index (Phi) is 5.87. The summed E-state index contributed by atoms with van der Waals surface area (Å²) < 4.78 is 7.29. The van der Waals surface area contributed by atoms with Crippen LogP contribution in [0.2, 0.25) is 0 Å². The first-order valence-corrected chi connectivity index (χ1v) is 10.0. The van der Waals surface area contributed by atoms with Gasteiger partial charge in [-0.3, -0.25) is 4.79 Å². The number of carbonyl (C=O) groups is 1. The van der Waals surface area contributed by atoms with Crippen molar-refractivity contribution in [1.29, 1.82) is 0 Å². The predicted molar refractivity (Wildman–Crippen MR) is 112 cm³/mol. The van der Waals surface area contributed by atoms with Crippen molar-refractivity contribution in [3.8, 4) is 0 Å². The van der Waals surface area contributed by atoms with E-state index in [1.165, 1.54) is 0 Å². The van der Waals surface area contributed by atoms with Gasteiger partial charge in [-0.05, 0) is 37.6 Å². The van der Waals surface area contributed by atoms with E-state index in [-0.39, 0.29) is 11.3 Å². The highest BCUT2D eigenvalue weighted by Crippen LogP contribution is 2.28. The number of carbonyl (C=O) groups excluding carboxylic acids is 1. The molecule has 0 unspecified atom stereocenters. The van der Waals surface area contributed by atoms with Gasteiger partial charge in [-0.15, -0.1) is 0 Å². The second kappa shape index (κ2) is 8.71. The van der Waals surface area contributed by atoms with Crippen molar-refractivity contribution in [2.45, 2.75) is 19.4 Å². The molecule has 2 N–H and O–H groups in total. The number of benzene rings is 1. The van der Waals surface area contributed by atoms with Gasteiger partial charge in [0.05, 0.1) is 24.9 Å². The summed E-state index contributed by atoms with van der Waals surface area (Å²) in [6.45, 7) is 3.81. The molecule has 0 saturated carbocycles. The minimum absolute atomic E-state index is 0.00619. The first-order chi connectivity index (χ1) is 14.2. The smallest absolute Gasteiger partial charge is 0.252 e. The van der Waals surface area contributed by atoms with Crippen molar-refractivity contribution < 1.29 is 9.53 Å². The molecule has 29 heavy (non-hydrogen) atoms. The van der Waals surface area contributed by atoms with Crippen LogP contribution in [-0.2, 0) is 11.3 Å². The van der Waals surface area contributed by atoms with E-state index in [4.69, 9.17) is 4.74 Å². The summed E-state index contributed by atoms with van der Waals surface area (Å²) in [4.78, 5) is 17.3. The number of amides is 1. The van der Waals surface area contributed by atoms with Gasteiger partial charge in [-0.2, -0.15) is 5.10 Å². The summed E-state index contributed by atoms with van der Waals surface area (Å²) in [6.07, 6.45) is 5.38. The number of methoxy groups -OCH3 is 1. The summed E-state index contributed by atoms with van der Waals surface area (Å²) in [6, 6.07) is 12.0. The van der Waals surface area contributed by atoms with Crippen LogP contribution in [0.4, 0.5) is 0 Å². The summed E-state index contributed by atoms with van der Waals surface area (Å²) >= 11 is 0. The van der Waals surface area contributed by atoms with E-state index in [0.29, 0.717) is 25.3 Å². The Bertz CT molecular complexity index is 958. The molecule has 1 aliphatic rings. The number of hydrogen-bond donors (Lipinski definition) is 2. The maximum absolute atomic E-state index is 12.7. The maximum Gasteiger partial charge on any atom is 0.252 e. The lowest BCUT2D eigenvalue weighted by Crippen LogP contribution is -2.47. The fourth-order valence-corrected chi connectivity index (χ4v) is 3.97. The standard InChI is InChI=1S/C22H27N5O2/c1-29-16-22(7-9-23-10-8-22)15-25-21(28)19-11-18-13-26-27(20(18)24-12-19)14-17-5-3-2-4-6-17/h2-6,11-13,23H,7-10,14-16H2,1H3,(H,25,28). The Hall–Kier alpha value is -2.77. The lowest BCUT2D eigenvalue weighted by atomic mass is 9.79. The Morgan fingerprint density at radius 3 is 2.79 bits per heavy atom. The molecule has 152 valence electrons. The van der Waals surface area contributed by atoms with Crippen molar-refractivity contribution >= 4 is 16.9 Å². The molecular weight excluding hydrogens is 366 g/mol. The van der Waals surface area contributed by atoms with Crippen LogP contribution >= 0.6 is 0 Å². The third-order valence-corrected chi connectivity index (χ3v) is 5.65. The van der Waals surface area contributed by atoms with E-state index in [2.05, 4.69) is 32.8 Å². The maximum atomic E-state index is 12.7. The van der Waals surface area contributed by atoms with E-state index in [9.17, 15) is 4.79 Å². The Labute approximate surface area is 170 Å². The Morgan fingerprint density at radius 2 is 2.03 bits per heavy atom. The molecule has 1 saturated heterocycles. The van der Waals surface area contributed by atoms with Gasteiger partial charge >= 0.3 is 0 Å². The van der Waals surface area contributed by atoms with E-state index in [0.717, 1.165) is 42.5 Å². The largest absolute Gasteiger partial charge is 0.384 e. The normalized spacial score (nSPS) is 16.0. The number of fused-ring (bicyclic) bond motifs is 1. The Morgan fingerprint density at radius 1 is 1.24 bits per heavy atom. The molecule has 0 bridgehead atoms. The lowest BCUT2D eigenvalue weighted by molar-refractivity contribution is 0.0511. The fraction of sp³-hybridized carbons (Fsp3) is 0.409. The minimum atomic E-state index is -0.107. The monoisotopic (exact) mass is 393 g/mol. The van der Waals surface area contributed by atoms with Crippen LogP contribution in [0, 0.1) is 5.41 Å².